The van der Waals surface area contributed by atoms with Crippen LogP contribution >= 0.6 is 0 Å². The molecule has 3 rings (SSSR count). The van der Waals surface area contributed by atoms with E-state index < -0.39 is 0 Å². The molecule has 1 aliphatic carbocycles. The molecule has 0 unspecified atom stereocenters. The SMILES string of the molecule is NC1CCCC1.c1ccc(Cc2ncon2)cc1. The molecule has 2 aromatic rings. The number of nitrogens with zero attached hydrogens (tertiary/aromatic N) is 2. The van der Waals surface area contributed by atoms with Gasteiger partial charge >= 0.3 is 0 Å². The monoisotopic (exact) mass is 245 g/mol. The van der Waals surface area contributed by atoms with Crippen molar-refractivity contribution in [3.63, 3.8) is 0 Å². The first-order chi connectivity index (χ1) is 8.84. The first-order valence-corrected chi connectivity index (χ1v) is 6.39. The van der Waals surface area contributed by atoms with Gasteiger partial charge in [0, 0.05) is 12.5 Å². The van der Waals surface area contributed by atoms with Crippen LogP contribution in [0.25, 0.3) is 0 Å². The molecule has 2 N–H and O–H groups in total. The minimum absolute atomic E-state index is 0.546. The van der Waals surface area contributed by atoms with Gasteiger partial charge in [0.25, 0.3) is 0 Å². The normalized spacial score (nSPS) is 15.2. The fraction of sp³-hybridized carbons (Fsp3) is 0.429. The van der Waals surface area contributed by atoms with Crippen LogP contribution in [0.3, 0.4) is 0 Å². The minimum atomic E-state index is 0.546. The predicted octanol–water partition coefficient (Wildman–Crippen LogP) is 2.55. The molecule has 0 radical (unpaired) electrons. The number of hydrogen-bond acceptors (Lipinski definition) is 4. The Kier molecular flexibility index (Phi) is 4.90. The molecule has 1 saturated carbocycles. The summed E-state index contributed by atoms with van der Waals surface area (Å²) in [7, 11) is 0. The van der Waals surface area contributed by atoms with E-state index in [0.717, 1.165) is 12.2 Å². The van der Waals surface area contributed by atoms with Gasteiger partial charge in [0.15, 0.2) is 5.82 Å². The van der Waals surface area contributed by atoms with Crippen molar-refractivity contribution in [3.05, 3.63) is 48.1 Å². The predicted molar refractivity (Wildman–Crippen MR) is 70.0 cm³/mol. The van der Waals surface area contributed by atoms with Crippen molar-refractivity contribution >= 4 is 0 Å². The number of nitrogens with two attached hydrogens (primary N) is 1. The van der Waals surface area contributed by atoms with Crippen LogP contribution < -0.4 is 5.73 Å². The third kappa shape index (κ3) is 4.30. The van der Waals surface area contributed by atoms with Gasteiger partial charge in [-0.3, -0.25) is 0 Å². The van der Waals surface area contributed by atoms with Gasteiger partial charge in [0.2, 0.25) is 6.39 Å². The van der Waals surface area contributed by atoms with Gasteiger partial charge in [-0.1, -0.05) is 48.3 Å². The van der Waals surface area contributed by atoms with Gasteiger partial charge in [-0.15, -0.1) is 0 Å². The third-order valence-electron chi connectivity index (χ3n) is 3.01. The van der Waals surface area contributed by atoms with Gasteiger partial charge < -0.3 is 10.3 Å². The highest BCUT2D eigenvalue weighted by Crippen LogP contribution is 2.14. The largest absolute Gasteiger partial charge is 0.343 e. The van der Waals surface area contributed by atoms with E-state index >= 15 is 0 Å². The highest BCUT2D eigenvalue weighted by atomic mass is 16.5. The summed E-state index contributed by atoms with van der Waals surface area (Å²) in [5, 5.41) is 3.73. The highest BCUT2D eigenvalue weighted by Gasteiger charge is 2.07. The quantitative estimate of drug-likeness (QED) is 0.883. The van der Waals surface area contributed by atoms with Gasteiger partial charge in [0.1, 0.15) is 0 Å². The van der Waals surface area contributed by atoms with Crippen molar-refractivity contribution in [1.82, 2.24) is 10.1 Å². The average Bonchev–Trinajstić information content (AvgIpc) is 3.05. The molecule has 0 amide bonds. The fourth-order valence-corrected chi connectivity index (χ4v) is 2.01. The number of aromatic nitrogens is 2. The van der Waals surface area contributed by atoms with Crippen LogP contribution in [-0.2, 0) is 6.42 Å². The summed E-state index contributed by atoms with van der Waals surface area (Å²) in [4.78, 5) is 3.93. The van der Waals surface area contributed by atoms with E-state index in [2.05, 4.69) is 14.7 Å². The van der Waals surface area contributed by atoms with Crippen molar-refractivity contribution in [2.45, 2.75) is 38.1 Å². The molecule has 1 fully saturated rings. The molecule has 18 heavy (non-hydrogen) atoms. The Morgan fingerprint density at radius 3 is 2.39 bits per heavy atom. The maximum Gasteiger partial charge on any atom is 0.213 e. The lowest BCUT2D eigenvalue weighted by Gasteiger charge is -1.93. The number of hydrogen-bond donors (Lipinski definition) is 1. The summed E-state index contributed by atoms with van der Waals surface area (Å²) in [6.07, 6.45) is 7.33. The van der Waals surface area contributed by atoms with Crippen molar-refractivity contribution < 1.29 is 4.52 Å². The molecule has 1 aromatic carbocycles. The van der Waals surface area contributed by atoms with Crippen LogP contribution in [0.5, 0.6) is 0 Å². The van der Waals surface area contributed by atoms with E-state index in [-0.39, 0.29) is 0 Å². The van der Waals surface area contributed by atoms with Crippen LogP contribution in [0.2, 0.25) is 0 Å². The van der Waals surface area contributed by atoms with Crippen LogP contribution in [0.4, 0.5) is 0 Å². The molecule has 0 atom stereocenters. The number of rotatable bonds is 2. The van der Waals surface area contributed by atoms with E-state index in [1.807, 2.05) is 30.3 Å². The fourth-order valence-electron chi connectivity index (χ4n) is 2.01. The maximum absolute atomic E-state index is 5.53. The van der Waals surface area contributed by atoms with Gasteiger partial charge in [-0.2, -0.15) is 4.98 Å². The highest BCUT2D eigenvalue weighted by molar-refractivity contribution is 5.17. The second-order valence-corrected chi connectivity index (χ2v) is 4.55. The van der Waals surface area contributed by atoms with Crippen LogP contribution in [0, 0.1) is 0 Å². The Hall–Kier alpha value is -1.68. The molecule has 4 heteroatoms. The molecule has 0 saturated heterocycles. The first kappa shape index (κ1) is 12.8. The third-order valence-corrected chi connectivity index (χ3v) is 3.01. The molecule has 0 aliphatic heterocycles. The molecule has 1 heterocycles. The van der Waals surface area contributed by atoms with Crippen LogP contribution in [0.15, 0.2) is 41.2 Å². The average molecular weight is 245 g/mol. The summed E-state index contributed by atoms with van der Waals surface area (Å²) in [5.41, 5.74) is 6.73. The summed E-state index contributed by atoms with van der Waals surface area (Å²) >= 11 is 0. The molecule has 4 nitrogen and oxygen atoms in total. The Labute approximate surface area is 107 Å². The van der Waals surface area contributed by atoms with E-state index in [1.54, 1.807) is 0 Å². The van der Waals surface area contributed by atoms with Crippen LogP contribution in [-0.4, -0.2) is 16.2 Å². The Morgan fingerprint density at radius 1 is 1.17 bits per heavy atom. The van der Waals surface area contributed by atoms with Crippen molar-refractivity contribution in [2.24, 2.45) is 5.73 Å². The van der Waals surface area contributed by atoms with Crippen molar-refractivity contribution in [2.75, 3.05) is 0 Å². The van der Waals surface area contributed by atoms with E-state index in [0.29, 0.717) is 6.04 Å². The standard InChI is InChI=1S/C9H8N2O.C5H11N/c1-2-4-8(5-3-1)6-9-10-7-12-11-9;6-5-3-1-2-4-5/h1-5,7H,6H2;5H,1-4,6H2. The molecule has 0 spiro atoms. The summed E-state index contributed by atoms with van der Waals surface area (Å²) in [6, 6.07) is 10.6. The molecule has 1 aromatic heterocycles. The molecule has 0 bridgehead atoms. The minimum Gasteiger partial charge on any atom is -0.343 e. The van der Waals surface area contributed by atoms with Gasteiger partial charge in [0.05, 0.1) is 0 Å². The zero-order valence-electron chi connectivity index (χ0n) is 10.5. The van der Waals surface area contributed by atoms with E-state index in [9.17, 15) is 0 Å². The Morgan fingerprint density at radius 2 is 1.89 bits per heavy atom. The molecular weight excluding hydrogens is 226 g/mol. The smallest absolute Gasteiger partial charge is 0.213 e. The Balaban J connectivity index is 0.000000169. The second kappa shape index (κ2) is 6.91. The first-order valence-electron chi connectivity index (χ1n) is 6.39. The van der Waals surface area contributed by atoms with Crippen molar-refractivity contribution in [1.29, 1.82) is 0 Å². The van der Waals surface area contributed by atoms with E-state index in [4.69, 9.17) is 5.73 Å². The Bertz CT molecular complexity index is 422. The van der Waals surface area contributed by atoms with Crippen LogP contribution in [0.1, 0.15) is 37.1 Å². The molecule has 96 valence electrons. The van der Waals surface area contributed by atoms with Gasteiger partial charge in [-0.25, -0.2) is 0 Å². The summed E-state index contributed by atoms with van der Waals surface area (Å²) in [5.74, 6) is 0.723. The molecular formula is C14H19N3O. The van der Waals surface area contributed by atoms with Crippen molar-refractivity contribution in [3.8, 4) is 0 Å². The van der Waals surface area contributed by atoms with Gasteiger partial charge in [-0.05, 0) is 18.4 Å². The lowest BCUT2D eigenvalue weighted by Crippen LogP contribution is -2.13. The molecule has 1 aliphatic rings. The zero-order chi connectivity index (χ0) is 12.6. The topological polar surface area (TPSA) is 64.9 Å². The zero-order valence-corrected chi connectivity index (χ0v) is 10.5. The summed E-state index contributed by atoms with van der Waals surface area (Å²) < 4.78 is 4.63. The van der Waals surface area contributed by atoms with E-state index in [1.165, 1.54) is 37.6 Å². The maximum atomic E-state index is 5.53. The second-order valence-electron chi connectivity index (χ2n) is 4.55. The lowest BCUT2D eigenvalue weighted by atomic mass is 10.1. The number of benzene rings is 1. The summed E-state index contributed by atoms with van der Waals surface area (Å²) in [6.45, 7) is 0. The lowest BCUT2D eigenvalue weighted by molar-refractivity contribution is 0.411.